The number of aryl methyl sites for hydroxylation is 2. The molecular formula is C31H35N3O2. The summed E-state index contributed by atoms with van der Waals surface area (Å²) in [7, 11) is 0. The zero-order valence-corrected chi connectivity index (χ0v) is 21.2. The first-order chi connectivity index (χ1) is 17.5. The van der Waals surface area contributed by atoms with Gasteiger partial charge in [-0.15, -0.1) is 0 Å². The van der Waals surface area contributed by atoms with Crippen molar-refractivity contribution in [3.63, 3.8) is 0 Å². The number of rotatable bonds is 5. The second-order valence-electron chi connectivity index (χ2n) is 10.2. The molecule has 0 radical (unpaired) electrons. The van der Waals surface area contributed by atoms with Gasteiger partial charge in [0.2, 0.25) is 5.91 Å². The van der Waals surface area contributed by atoms with Crippen molar-refractivity contribution >= 4 is 23.2 Å². The van der Waals surface area contributed by atoms with Gasteiger partial charge >= 0.3 is 0 Å². The Bertz CT molecular complexity index is 1230. The van der Waals surface area contributed by atoms with Crippen molar-refractivity contribution < 1.29 is 9.59 Å². The van der Waals surface area contributed by atoms with Crippen molar-refractivity contribution in [2.24, 2.45) is 5.92 Å². The minimum atomic E-state index is -0.328. The topological polar surface area (TPSA) is 52.7 Å². The maximum atomic E-state index is 13.8. The molecule has 2 fully saturated rings. The Kier molecular flexibility index (Phi) is 7.08. The van der Waals surface area contributed by atoms with E-state index in [1.165, 1.54) is 12.8 Å². The minimum Gasteiger partial charge on any atom is -0.371 e. The maximum Gasteiger partial charge on any atom is 0.254 e. The molecule has 0 aliphatic carbocycles. The van der Waals surface area contributed by atoms with Crippen LogP contribution in [0, 0.1) is 19.8 Å². The van der Waals surface area contributed by atoms with Crippen molar-refractivity contribution in [2.45, 2.75) is 45.6 Å². The number of anilines is 2. The van der Waals surface area contributed by atoms with E-state index in [1.54, 1.807) is 0 Å². The summed E-state index contributed by atoms with van der Waals surface area (Å²) in [4.78, 5) is 31.8. The van der Waals surface area contributed by atoms with Crippen LogP contribution in [0.4, 0.5) is 11.4 Å². The van der Waals surface area contributed by atoms with Gasteiger partial charge in [0.1, 0.15) is 0 Å². The molecule has 36 heavy (non-hydrogen) atoms. The van der Waals surface area contributed by atoms with Crippen LogP contribution < -0.4 is 10.2 Å². The first-order valence-corrected chi connectivity index (χ1v) is 13.1. The molecule has 2 amide bonds. The van der Waals surface area contributed by atoms with Gasteiger partial charge in [-0.1, -0.05) is 54.1 Å². The van der Waals surface area contributed by atoms with Gasteiger partial charge in [-0.05, 0) is 74.9 Å². The van der Waals surface area contributed by atoms with Crippen molar-refractivity contribution in [3.05, 3.63) is 95.1 Å². The molecule has 0 bridgehead atoms. The van der Waals surface area contributed by atoms with Gasteiger partial charge < -0.3 is 15.1 Å². The summed E-state index contributed by atoms with van der Waals surface area (Å²) < 4.78 is 0. The number of carbonyl (C=O) groups is 2. The third kappa shape index (κ3) is 5.01. The van der Waals surface area contributed by atoms with Gasteiger partial charge in [-0.25, -0.2) is 0 Å². The Morgan fingerprint density at radius 1 is 0.833 bits per heavy atom. The highest BCUT2D eigenvalue weighted by Gasteiger charge is 2.40. The highest BCUT2D eigenvalue weighted by molar-refractivity contribution is 5.98. The fourth-order valence-electron chi connectivity index (χ4n) is 5.76. The molecule has 0 unspecified atom stereocenters. The number of hydrogen-bond acceptors (Lipinski definition) is 3. The molecule has 2 aliphatic rings. The molecule has 2 heterocycles. The van der Waals surface area contributed by atoms with Crippen molar-refractivity contribution in [1.82, 2.24) is 4.90 Å². The molecule has 2 aliphatic heterocycles. The average molecular weight is 482 g/mol. The van der Waals surface area contributed by atoms with Gasteiger partial charge in [0.05, 0.1) is 12.0 Å². The molecule has 5 rings (SSSR count). The largest absolute Gasteiger partial charge is 0.371 e. The van der Waals surface area contributed by atoms with Gasteiger partial charge in [0, 0.05) is 36.6 Å². The number of nitrogens with zero attached hydrogens (tertiary/aromatic N) is 2. The summed E-state index contributed by atoms with van der Waals surface area (Å²) in [6.07, 6.45) is 3.96. The Labute approximate surface area is 214 Å². The van der Waals surface area contributed by atoms with Crippen LogP contribution in [0.1, 0.15) is 58.8 Å². The molecule has 1 N–H and O–H groups in total. The van der Waals surface area contributed by atoms with Gasteiger partial charge in [-0.3, -0.25) is 9.59 Å². The molecule has 0 saturated carbocycles. The Morgan fingerprint density at radius 3 is 2.36 bits per heavy atom. The molecular weight excluding hydrogens is 446 g/mol. The summed E-state index contributed by atoms with van der Waals surface area (Å²) >= 11 is 0. The lowest BCUT2D eigenvalue weighted by Gasteiger charge is -2.41. The molecule has 2 saturated heterocycles. The molecule has 0 aromatic heterocycles. The van der Waals surface area contributed by atoms with Crippen LogP contribution in [0.5, 0.6) is 0 Å². The lowest BCUT2D eigenvalue weighted by atomic mass is 9.83. The SMILES string of the molecule is Cc1ccc(C(=O)N2CCC[C@H](C(=O)Nc3cccc(N4CCCC4)c3)[C@@H]2c2ccccc2)c(C)c1. The Hall–Kier alpha value is -3.60. The van der Waals surface area contributed by atoms with Crippen LogP contribution in [0.25, 0.3) is 0 Å². The standard InChI is InChI=1S/C31H35N3O2/c1-22-15-16-27(23(2)20-22)31(36)34-19-9-14-28(29(34)24-10-4-3-5-11-24)30(35)32-25-12-8-13-26(21-25)33-17-6-7-18-33/h3-5,8,10-13,15-16,20-21,28-29H,6-7,9,14,17-19H2,1-2H3,(H,32,35)/t28-,29-/m0/s1. The fraction of sp³-hybridized carbons (Fsp3) is 0.355. The second kappa shape index (κ2) is 10.6. The summed E-state index contributed by atoms with van der Waals surface area (Å²) in [5.41, 5.74) is 5.78. The van der Waals surface area contributed by atoms with Crippen LogP contribution in [-0.4, -0.2) is 36.3 Å². The van der Waals surface area contributed by atoms with E-state index in [2.05, 4.69) is 22.3 Å². The highest BCUT2D eigenvalue weighted by Crippen LogP contribution is 2.38. The van der Waals surface area contributed by atoms with E-state index in [4.69, 9.17) is 0 Å². The van der Waals surface area contributed by atoms with Gasteiger partial charge in [0.15, 0.2) is 0 Å². The predicted molar refractivity (Wildman–Crippen MR) is 145 cm³/mol. The van der Waals surface area contributed by atoms with Crippen molar-refractivity contribution in [3.8, 4) is 0 Å². The Balaban J connectivity index is 1.43. The van der Waals surface area contributed by atoms with E-state index in [0.717, 1.165) is 54.0 Å². The van der Waals surface area contributed by atoms with E-state index in [0.29, 0.717) is 12.1 Å². The van der Waals surface area contributed by atoms with Crippen LogP contribution >= 0.6 is 0 Å². The number of piperidine rings is 1. The highest BCUT2D eigenvalue weighted by atomic mass is 16.2. The minimum absolute atomic E-state index is 0.00474. The summed E-state index contributed by atoms with van der Waals surface area (Å²) in [5, 5.41) is 3.19. The van der Waals surface area contributed by atoms with Crippen LogP contribution in [0.3, 0.4) is 0 Å². The monoisotopic (exact) mass is 481 g/mol. The average Bonchev–Trinajstić information content (AvgIpc) is 3.44. The van der Waals surface area contributed by atoms with E-state index in [9.17, 15) is 9.59 Å². The number of likely N-dealkylation sites (tertiary alicyclic amines) is 1. The smallest absolute Gasteiger partial charge is 0.254 e. The zero-order valence-electron chi connectivity index (χ0n) is 21.2. The molecule has 2 atom stereocenters. The van der Waals surface area contributed by atoms with E-state index >= 15 is 0 Å². The molecule has 3 aromatic rings. The zero-order chi connectivity index (χ0) is 25.1. The normalized spacial score (nSPS) is 19.8. The molecule has 0 spiro atoms. The van der Waals surface area contributed by atoms with Gasteiger partial charge in [-0.2, -0.15) is 0 Å². The quantitative estimate of drug-likeness (QED) is 0.477. The van der Waals surface area contributed by atoms with Crippen molar-refractivity contribution in [1.29, 1.82) is 0 Å². The first-order valence-electron chi connectivity index (χ1n) is 13.1. The maximum absolute atomic E-state index is 13.8. The molecule has 186 valence electrons. The third-order valence-corrected chi connectivity index (χ3v) is 7.57. The van der Waals surface area contributed by atoms with Crippen LogP contribution in [-0.2, 0) is 4.79 Å². The third-order valence-electron chi connectivity index (χ3n) is 7.57. The van der Waals surface area contributed by atoms with Crippen LogP contribution in [0.2, 0.25) is 0 Å². The summed E-state index contributed by atoms with van der Waals surface area (Å²) in [6.45, 7) is 6.78. The number of carbonyl (C=O) groups excluding carboxylic acids is 2. The van der Waals surface area contributed by atoms with Crippen molar-refractivity contribution in [2.75, 3.05) is 29.9 Å². The summed E-state index contributed by atoms with van der Waals surface area (Å²) in [6, 6.07) is 23.8. The summed E-state index contributed by atoms with van der Waals surface area (Å²) in [5.74, 6) is -0.360. The number of hydrogen-bond donors (Lipinski definition) is 1. The first kappa shape index (κ1) is 24.1. The molecule has 5 nitrogen and oxygen atoms in total. The number of nitrogens with one attached hydrogen (secondary N) is 1. The predicted octanol–water partition coefficient (Wildman–Crippen LogP) is 6.14. The van der Waals surface area contributed by atoms with Crippen LogP contribution in [0.15, 0.2) is 72.8 Å². The molecule has 5 heteroatoms. The van der Waals surface area contributed by atoms with Gasteiger partial charge in [0.25, 0.3) is 5.91 Å². The fourth-order valence-corrected chi connectivity index (χ4v) is 5.76. The Morgan fingerprint density at radius 2 is 1.61 bits per heavy atom. The lowest BCUT2D eigenvalue weighted by Crippen LogP contribution is -2.46. The number of benzene rings is 3. The lowest BCUT2D eigenvalue weighted by molar-refractivity contribution is -0.123. The second-order valence-corrected chi connectivity index (χ2v) is 10.2. The van der Waals surface area contributed by atoms with E-state index < -0.39 is 0 Å². The van der Waals surface area contributed by atoms with E-state index in [1.807, 2.05) is 79.4 Å². The van der Waals surface area contributed by atoms with E-state index in [-0.39, 0.29) is 23.8 Å². The number of amides is 2. The molecule has 3 aromatic carbocycles.